The number of carbonyl (C=O) groups is 1. The summed E-state index contributed by atoms with van der Waals surface area (Å²) < 4.78 is 5.29. The Morgan fingerprint density at radius 1 is 1.44 bits per heavy atom. The predicted molar refractivity (Wildman–Crippen MR) is 61.9 cm³/mol. The summed E-state index contributed by atoms with van der Waals surface area (Å²) in [4.78, 5) is 17.0. The van der Waals surface area contributed by atoms with Crippen molar-refractivity contribution in [3.05, 3.63) is 30.1 Å². The first kappa shape index (κ1) is 12.6. The lowest BCUT2D eigenvalue weighted by molar-refractivity contribution is -0.147. The SMILES string of the molecule is CC(=O)OC(CCN(C)C)c1ccncc1. The molecule has 0 aliphatic heterocycles. The maximum absolute atomic E-state index is 11.0. The topological polar surface area (TPSA) is 42.4 Å². The van der Waals surface area contributed by atoms with E-state index in [1.807, 2.05) is 26.2 Å². The van der Waals surface area contributed by atoms with Gasteiger partial charge in [-0.1, -0.05) is 0 Å². The van der Waals surface area contributed by atoms with E-state index >= 15 is 0 Å². The van der Waals surface area contributed by atoms with Crippen molar-refractivity contribution < 1.29 is 9.53 Å². The molecule has 0 aliphatic rings. The van der Waals surface area contributed by atoms with Gasteiger partial charge < -0.3 is 9.64 Å². The van der Waals surface area contributed by atoms with E-state index in [1.165, 1.54) is 6.92 Å². The van der Waals surface area contributed by atoms with Crippen LogP contribution < -0.4 is 0 Å². The maximum Gasteiger partial charge on any atom is 0.303 e. The van der Waals surface area contributed by atoms with Crippen molar-refractivity contribution in [3.8, 4) is 0 Å². The first-order valence-corrected chi connectivity index (χ1v) is 5.31. The van der Waals surface area contributed by atoms with Gasteiger partial charge in [-0.15, -0.1) is 0 Å². The van der Waals surface area contributed by atoms with Gasteiger partial charge in [-0.05, 0) is 31.8 Å². The number of ether oxygens (including phenoxy) is 1. The number of nitrogens with zero attached hydrogens (tertiary/aromatic N) is 2. The van der Waals surface area contributed by atoms with Gasteiger partial charge in [0.25, 0.3) is 0 Å². The van der Waals surface area contributed by atoms with Crippen molar-refractivity contribution in [3.63, 3.8) is 0 Å². The average molecular weight is 222 g/mol. The molecule has 0 saturated carbocycles. The van der Waals surface area contributed by atoms with Crippen molar-refractivity contribution in [2.75, 3.05) is 20.6 Å². The van der Waals surface area contributed by atoms with Crippen molar-refractivity contribution in [1.82, 2.24) is 9.88 Å². The number of hydrogen-bond acceptors (Lipinski definition) is 4. The molecule has 0 amide bonds. The molecule has 1 atom stereocenters. The third-order valence-electron chi connectivity index (χ3n) is 2.22. The van der Waals surface area contributed by atoms with Gasteiger partial charge in [-0.3, -0.25) is 9.78 Å². The lowest BCUT2D eigenvalue weighted by atomic mass is 10.1. The Kier molecular flexibility index (Phi) is 4.92. The van der Waals surface area contributed by atoms with Gasteiger partial charge in [0, 0.05) is 32.3 Å². The summed E-state index contributed by atoms with van der Waals surface area (Å²) in [6, 6.07) is 3.76. The first-order valence-electron chi connectivity index (χ1n) is 5.31. The van der Waals surface area contributed by atoms with Crippen molar-refractivity contribution >= 4 is 5.97 Å². The molecule has 1 unspecified atom stereocenters. The molecule has 0 bridgehead atoms. The minimum atomic E-state index is -0.249. The normalized spacial score (nSPS) is 12.5. The highest BCUT2D eigenvalue weighted by molar-refractivity contribution is 5.66. The molecule has 1 aromatic heterocycles. The number of pyridine rings is 1. The molecule has 0 radical (unpaired) electrons. The Morgan fingerprint density at radius 2 is 2.06 bits per heavy atom. The monoisotopic (exact) mass is 222 g/mol. The summed E-state index contributed by atoms with van der Waals surface area (Å²) in [5, 5.41) is 0. The molecule has 0 aliphatic carbocycles. The Balaban J connectivity index is 2.67. The van der Waals surface area contributed by atoms with E-state index < -0.39 is 0 Å². The highest BCUT2D eigenvalue weighted by atomic mass is 16.5. The zero-order chi connectivity index (χ0) is 12.0. The fraction of sp³-hybridized carbons (Fsp3) is 0.500. The number of rotatable bonds is 5. The van der Waals surface area contributed by atoms with Crippen LogP contribution in [0.2, 0.25) is 0 Å². The standard InChI is InChI=1S/C12H18N2O2/c1-10(15)16-12(6-9-14(2)3)11-4-7-13-8-5-11/h4-5,7-8,12H,6,9H2,1-3H3. The minimum absolute atomic E-state index is 0.178. The molecule has 1 rings (SSSR count). The Morgan fingerprint density at radius 3 is 2.56 bits per heavy atom. The van der Waals surface area contributed by atoms with E-state index in [4.69, 9.17) is 4.74 Å². The zero-order valence-corrected chi connectivity index (χ0v) is 10.0. The van der Waals surface area contributed by atoms with Crippen LogP contribution in [-0.4, -0.2) is 36.5 Å². The molecule has 4 nitrogen and oxygen atoms in total. The number of aromatic nitrogens is 1. The Hall–Kier alpha value is -1.42. The predicted octanol–water partition coefficient (Wildman–Crippen LogP) is 1.64. The Labute approximate surface area is 96.2 Å². The minimum Gasteiger partial charge on any atom is -0.458 e. The van der Waals surface area contributed by atoms with Crippen LogP contribution in [0.4, 0.5) is 0 Å². The molecule has 0 saturated heterocycles. The fourth-order valence-corrected chi connectivity index (χ4v) is 1.45. The van der Waals surface area contributed by atoms with Crippen molar-refractivity contribution in [2.24, 2.45) is 0 Å². The number of carbonyl (C=O) groups excluding carboxylic acids is 1. The van der Waals surface area contributed by atoms with Crippen LogP contribution >= 0.6 is 0 Å². The van der Waals surface area contributed by atoms with Gasteiger partial charge in [0.05, 0.1) is 0 Å². The highest BCUT2D eigenvalue weighted by Crippen LogP contribution is 2.20. The van der Waals surface area contributed by atoms with Crippen LogP contribution in [0.25, 0.3) is 0 Å². The van der Waals surface area contributed by atoms with Gasteiger partial charge in [0.15, 0.2) is 0 Å². The van der Waals surface area contributed by atoms with Crippen LogP contribution in [-0.2, 0) is 9.53 Å². The van der Waals surface area contributed by atoms with Gasteiger partial charge >= 0.3 is 5.97 Å². The summed E-state index contributed by atoms with van der Waals surface area (Å²) in [5.74, 6) is -0.249. The lowest BCUT2D eigenvalue weighted by Crippen LogP contribution is -2.18. The van der Waals surface area contributed by atoms with E-state index in [-0.39, 0.29) is 12.1 Å². The second kappa shape index (κ2) is 6.23. The maximum atomic E-state index is 11.0. The molecule has 0 aromatic carbocycles. The summed E-state index contributed by atoms with van der Waals surface area (Å²) in [6.45, 7) is 2.31. The van der Waals surface area contributed by atoms with Crippen LogP contribution in [0.3, 0.4) is 0 Å². The van der Waals surface area contributed by atoms with E-state index in [0.29, 0.717) is 0 Å². The fourth-order valence-electron chi connectivity index (χ4n) is 1.45. The zero-order valence-electron chi connectivity index (χ0n) is 10.0. The summed E-state index contributed by atoms with van der Waals surface area (Å²) >= 11 is 0. The molecule has 0 N–H and O–H groups in total. The van der Waals surface area contributed by atoms with E-state index in [2.05, 4.69) is 9.88 Å². The molecule has 0 spiro atoms. The summed E-state index contributed by atoms with van der Waals surface area (Å²) in [5.41, 5.74) is 0.993. The quantitative estimate of drug-likeness (QED) is 0.710. The molecule has 0 fully saturated rings. The van der Waals surface area contributed by atoms with E-state index in [1.54, 1.807) is 12.4 Å². The van der Waals surface area contributed by atoms with Crippen molar-refractivity contribution in [1.29, 1.82) is 0 Å². The van der Waals surface area contributed by atoms with E-state index in [9.17, 15) is 4.79 Å². The smallest absolute Gasteiger partial charge is 0.303 e. The largest absolute Gasteiger partial charge is 0.458 e. The molecular weight excluding hydrogens is 204 g/mol. The molecular formula is C12H18N2O2. The number of hydrogen-bond donors (Lipinski definition) is 0. The van der Waals surface area contributed by atoms with Crippen LogP contribution in [0.15, 0.2) is 24.5 Å². The van der Waals surface area contributed by atoms with Crippen molar-refractivity contribution in [2.45, 2.75) is 19.4 Å². The second-order valence-corrected chi connectivity index (χ2v) is 3.97. The number of esters is 1. The third kappa shape index (κ3) is 4.40. The molecule has 88 valence electrons. The third-order valence-corrected chi connectivity index (χ3v) is 2.22. The van der Waals surface area contributed by atoms with Crippen LogP contribution in [0.5, 0.6) is 0 Å². The van der Waals surface area contributed by atoms with E-state index in [0.717, 1.165) is 18.5 Å². The first-order chi connectivity index (χ1) is 7.59. The van der Waals surface area contributed by atoms with Gasteiger partial charge in [-0.25, -0.2) is 0 Å². The average Bonchev–Trinajstić information content (AvgIpc) is 2.25. The molecule has 1 aromatic rings. The Bertz CT molecular complexity index is 325. The van der Waals surface area contributed by atoms with Crippen LogP contribution in [0.1, 0.15) is 25.0 Å². The molecule has 16 heavy (non-hydrogen) atoms. The molecule has 1 heterocycles. The second-order valence-electron chi connectivity index (χ2n) is 3.97. The summed E-state index contributed by atoms with van der Waals surface area (Å²) in [7, 11) is 3.99. The van der Waals surface area contributed by atoms with Crippen LogP contribution in [0, 0.1) is 0 Å². The van der Waals surface area contributed by atoms with Gasteiger partial charge in [0.1, 0.15) is 6.10 Å². The lowest BCUT2D eigenvalue weighted by Gasteiger charge is -2.19. The highest BCUT2D eigenvalue weighted by Gasteiger charge is 2.14. The summed E-state index contributed by atoms with van der Waals surface area (Å²) in [6.07, 6.45) is 4.03. The van der Waals surface area contributed by atoms with Gasteiger partial charge in [-0.2, -0.15) is 0 Å². The molecule has 4 heteroatoms. The van der Waals surface area contributed by atoms with Gasteiger partial charge in [0.2, 0.25) is 0 Å².